The van der Waals surface area contributed by atoms with Crippen molar-refractivity contribution >= 4 is 11.9 Å². The molecule has 0 aromatic heterocycles. The number of benzene rings is 1. The largest absolute Gasteiger partial charge is 0.481 e. The van der Waals surface area contributed by atoms with Crippen molar-refractivity contribution in [2.75, 3.05) is 6.54 Å². The van der Waals surface area contributed by atoms with Gasteiger partial charge in [-0.15, -0.1) is 0 Å². The summed E-state index contributed by atoms with van der Waals surface area (Å²) in [6.07, 6.45) is 2.75. The monoisotopic (exact) mass is 289 g/mol. The molecule has 0 heterocycles. The van der Waals surface area contributed by atoms with E-state index in [2.05, 4.69) is 0 Å². The van der Waals surface area contributed by atoms with Gasteiger partial charge in [-0.05, 0) is 32.3 Å². The number of carboxylic acid groups (broad SMARTS) is 1. The van der Waals surface area contributed by atoms with Crippen LogP contribution in [0, 0.1) is 0 Å². The highest BCUT2D eigenvalue weighted by Crippen LogP contribution is 2.45. The van der Waals surface area contributed by atoms with Crippen molar-refractivity contribution in [3.05, 3.63) is 35.9 Å². The van der Waals surface area contributed by atoms with Crippen molar-refractivity contribution in [1.29, 1.82) is 0 Å². The van der Waals surface area contributed by atoms with Crippen LogP contribution in [0.5, 0.6) is 0 Å². The number of amides is 1. The van der Waals surface area contributed by atoms with Gasteiger partial charge in [0.05, 0.1) is 11.8 Å². The second-order valence-corrected chi connectivity index (χ2v) is 6.04. The molecule has 1 aromatic carbocycles. The molecule has 114 valence electrons. The number of hydrogen-bond acceptors (Lipinski definition) is 2. The number of carboxylic acids is 1. The van der Waals surface area contributed by atoms with Gasteiger partial charge in [-0.25, -0.2) is 0 Å². The maximum Gasteiger partial charge on any atom is 0.305 e. The molecule has 1 saturated carbocycles. The molecule has 1 aliphatic carbocycles. The van der Waals surface area contributed by atoms with Crippen molar-refractivity contribution < 1.29 is 14.7 Å². The van der Waals surface area contributed by atoms with Crippen LogP contribution in [0.3, 0.4) is 0 Å². The fourth-order valence-electron chi connectivity index (χ4n) is 3.00. The fraction of sp³-hybridized carbons (Fsp3) is 0.529. The van der Waals surface area contributed by atoms with E-state index in [0.29, 0.717) is 0 Å². The van der Waals surface area contributed by atoms with E-state index < -0.39 is 11.4 Å². The Hall–Kier alpha value is -1.84. The van der Waals surface area contributed by atoms with Gasteiger partial charge in [-0.1, -0.05) is 36.8 Å². The van der Waals surface area contributed by atoms with E-state index >= 15 is 0 Å². The molecule has 0 saturated heterocycles. The van der Waals surface area contributed by atoms with Crippen LogP contribution in [0.1, 0.15) is 45.1 Å². The van der Waals surface area contributed by atoms with Crippen molar-refractivity contribution in [3.8, 4) is 0 Å². The quantitative estimate of drug-likeness (QED) is 0.876. The average Bonchev–Trinajstić information content (AvgIpc) is 2.38. The number of rotatable bonds is 6. The van der Waals surface area contributed by atoms with Gasteiger partial charge in [0, 0.05) is 12.6 Å². The summed E-state index contributed by atoms with van der Waals surface area (Å²) in [6, 6.07) is 9.89. The smallest absolute Gasteiger partial charge is 0.305 e. The number of nitrogens with zero attached hydrogens (tertiary/aromatic N) is 1. The van der Waals surface area contributed by atoms with E-state index in [1.54, 1.807) is 4.90 Å². The minimum Gasteiger partial charge on any atom is -0.481 e. The van der Waals surface area contributed by atoms with Crippen LogP contribution >= 0.6 is 0 Å². The van der Waals surface area contributed by atoms with Gasteiger partial charge in [-0.2, -0.15) is 0 Å². The van der Waals surface area contributed by atoms with Crippen molar-refractivity contribution in [2.45, 2.75) is 51.0 Å². The minimum absolute atomic E-state index is 0.00517. The molecular formula is C17H23NO3. The Morgan fingerprint density at radius 2 is 1.86 bits per heavy atom. The van der Waals surface area contributed by atoms with Crippen LogP contribution in [0.15, 0.2) is 30.3 Å². The first-order valence-electron chi connectivity index (χ1n) is 7.56. The molecule has 4 nitrogen and oxygen atoms in total. The molecule has 21 heavy (non-hydrogen) atoms. The first-order valence-corrected chi connectivity index (χ1v) is 7.56. The predicted molar refractivity (Wildman–Crippen MR) is 81.1 cm³/mol. The van der Waals surface area contributed by atoms with Crippen LogP contribution in [0.25, 0.3) is 0 Å². The van der Waals surface area contributed by atoms with E-state index in [0.717, 1.165) is 24.8 Å². The zero-order valence-electron chi connectivity index (χ0n) is 12.7. The molecule has 0 spiro atoms. The second kappa shape index (κ2) is 6.29. The van der Waals surface area contributed by atoms with Crippen LogP contribution in [-0.4, -0.2) is 34.5 Å². The molecule has 1 fully saturated rings. The summed E-state index contributed by atoms with van der Waals surface area (Å²) >= 11 is 0. The maximum absolute atomic E-state index is 13.0. The summed E-state index contributed by atoms with van der Waals surface area (Å²) in [7, 11) is 0. The second-order valence-electron chi connectivity index (χ2n) is 6.04. The van der Waals surface area contributed by atoms with E-state index in [1.807, 2.05) is 44.2 Å². The standard InChI is InChI=1S/C17H23NO3/c1-13(2)18(12-9-15(19)20)16(21)17(10-6-11-17)14-7-4-3-5-8-14/h3-5,7-8,13H,6,9-12H2,1-2H3,(H,19,20). The highest BCUT2D eigenvalue weighted by atomic mass is 16.4. The summed E-state index contributed by atoms with van der Waals surface area (Å²) in [5.41, 5.74) is 0.617. The zero-order chi connectivity index (χ0) is 15.5. The van der Waals surface area contributed by atoms with Gasteiger partial charge in [0.2, 0.25) is 5.91 Å². The van der Waals surface area contributed by atoms with Gasteiger partial charge in [-0.3, -0.25) is 9.59 Å². The van der Waals surface area contributed by atoms with Gasteiger partial charge in [0.15, 0.2) is 0 Å². The minimum atomic E-state index is -0.865. The molecule has 1 aliphatic rings. The molecule has 0 bridgehead atoms. The normalized spacial score (nSPS) is 16.3. The van der Waals surface area contributed by atoms with Crippen molar-refractivity contribution in [2.24, 2.45) is 0 Å². The first-order chi connectivity index (χ1) is 9.97. The Balaban J connectivity index is 2.23. The Morgan fingerprint density at radius 1 is 1.24 bits per heavy atom. The first kappa shape index (κ1) is 15.5. The molecule has 2 rings (SSSR count). The molecule has 0 unspecified atom stereocenters. The molecular weight excluding hydrogens is 266 g/mol. The Bertz CT molecular complexity index is 506. The van der Waals surface area contributed by atoms with E-state index in [4.69, 9.17) is 5.11 Å². The molecule has 4 heteroatoms. The lowest BCUT2D eigenvalue weighted by Crippen LogP contribution is -2.53. The fourth-order valence-corrected chi connectivity index (χ4v) is 3.00. The molecule has 0 atom stereocenters. The average molecular weight is 289 g/mol. The van der Waals surface area contributed by atoms with Gasteiger partial charge >= 0.3 is 5.97 Å². The Kier molecular flexibility index (Phi) is 4.66. The van der Waals surface area contributed by atoms with Gasteiger partial charge in [0.25, 0.3) is 0 Å². The third kappa shape index (κ3) is 3.09. The van der Waals surface area contributed by atoms with Crippen molar-refractivity contribution in [1.82, 2.24) is 4.90 Å². The Labute approximate surface area is 125 Å². The van der Waals surface area contributed by atoms with Crippen LogP contribution in [0.4, 0.5) is 0 Å². The summed E-state index contributed by atoms with van der Waals surface area (Å²) in [5.74, 6) is -0.785. The lowest BCUT2D eigenvalue weighted by molar-refractivity contribution is -0.144. The number of aliphatic carboxylic acids is 1. The molecule has 1 aromatic rings. The number of carbonyl (C=O) groups excluding carboxylic acids is 1. The molecule has 0 radical (unpaired) electrons. The van der Waals surface area contributed by atoms with Crippen LogP contribution in [0.2, 0.25) is 0 Å². The summed E-state index contributed by atoms with van der Waals surface area (Å²) in [6.45, 7) is 4.16. The summed E-state index contributed by atoms with van der Waals surface area (Å²) in [5, 5.41) is 8.88. The lowest BCUT2D eigenvalue weighted by Gasteiger charge is -2.45. The van der Waals surface area contributed by atoms with Crippen LogP contribution in [-0.2, 0) is 15.0 Å². The number of carbonyl (C=O) groups is 2. The highest BCUT2D eigenvalue weighted by molar-refractivity contribution is 5.89. The van der Waals surface area contributed by atoms with E-state index in [1.165, 1.54) is 0 Å². The number of hydrogen-bond donors (Lipinski definition) is 1. The third-order valence-corrected chi connectivity index (χ3v) is 4.39. The van der Waals surface area contributed by atoms with Crippen LogP contribution < -0.4 is 0 Å². The molecule has 1 amide bonds. The summed E-state index contributed by atoms with van der Waals surface area (Å²) < 4.78 is 0. The highest BCUT2D eigenvalue weighted by Gasteiger charge is 2.47. The maximum atomic E-state index is 13.0. The Morgan fingerprint density at radius 3 is 2.29 bits per heavy atom. The lowest BCUT2D eigenvalue weighted by atomic mass is 9.63. The molecule has 1 N–H and O–H groups in total. The van der Waals surface area contributed by atoms with E-state index in [-0.39, 0.29) is 24.9 Å². The molecule has 0 aliphatic heterocycles. The zero-order valence-corrected chi connectivity index (χ0v) is 12.7. The van der Waals surface area contributed by atoms with E-state index in [9.17, 15) is 9.59 Å². The topological polar surface area (TPSA) is 57.6 Å². The predicted octanol–water partition coefficient (Wildman–Crippen LogP) is 2.82. The third-order valence-electron chi connectivity index (χ3n) is 4.39. The van der Waals surface area contributed by atoms with Crippen molar-refractivity contribution in [3.63, 3.8) is 0 Å². The summed E-state index contributed by atoms with van der Waals surface area (Å²) in [4.78, 5) is 25.6. The van der Waals surface area contributed by atoms with Gasteiger partial charge < -0.3 is 10.0 Å². The SMILES string of the molecule is CC(C)N(CCC(=O)O)C(=O)C1(c2ccccc2)CCC1. The van der Waals surface area contributed by atoms with Gasteiger partial charge in [0.1, 0.15) is 0 Å².